The third-order valence-electron chi connectivity index (χ3n) is 3.70. The lowest BCUT2D eigenvalue weighted by molar-refractivity contribution is 0.164. The quantitative estimate of drug-likeness (QED) is 0.712. The Kier molecular flexibility index (Phi) is 5.06. The molecular formula is C13H19BrN2O3S. The highest BCUT2D eigenvalue weighted by Crippen LogP contribution is 2.28. The van der Waals surface area contributed by atoms with Gasteiger partial charge in [-0.2, -0.15) is 0 Å². The van der Waals surface area contributed by atoms with Crippen molar-refractivity contribution in [3.63, 3.8) is 0 Å². The Morgan fingerprint density at radius 3 is 2.70 bits per heavy atom. The summed E-state index contributed by atoms with van der Waals surface area (Å²) in [6, 6.07) is 4.41. The number of rotatable bonds is 4. The van der Waals surface area contributed by atoms with Crippen LogP contribution in [0.3, 0.4) is 0 Å². The van der Waals surface area contributed by atoms with Crippen molar-refractivity contribution in [3.8, 4) is 0 Å². The lowest BCUT2D eigenvalue weighted by Crippen LogP contribution is -2.43. The van der Waals surface area contributed by atoms with Crippen molar-refractivity contribution >= 4 is 31.6 Å². The molecule has 2 unspecified atom stereocenters. The minimum absolute atomic E-state index is 0.00826. The molecule has 0 spiro atoms. The average Bonchev–Trinajstić information content (AvgIpc) is 2.38. The van der Waals surface area contributed by atoms with E-state index in [1.807, 2.05) is 0 Å². The van der Waals surface area contributed by atoms with Crippen molar-refractivity contribution in [1.29, 1.82) is 0 Å². The van der Waals surface area contributed by atoms with Gasteiger partial charge in [0, 0.05) is 22.8 Å². The molecule has 1 aliphatic carbocycles. The van der Waals surface area contributed by atoms with E-state index in [2.05, 4.69) is 20.7 Å². The van der Waals surface area contributed by atoms with Crippen molar-refractivity contribution in [2.45, 2.75) is 36.6 Å². The van der Waals surface area contributed by atoms with Crippen LogP contribution in [0.1, 0.15) is 25.7 Å². The summed E-state index contributed by atoms with van der Waals surface area (Å²) >= 11 is 3.23. The fraction of sp³-hybridized carbons (Fsp3) is 0.538. The van der Waals surface area contributed by atoms with E-state index in [0.717, 1.165) is 25.7 Å². The van der Waals surface area contributed by atoms with Crippen LogP contribution < -0.4 is 10.5 Å². The lowest BCUT2D eigenvalue weighted by atomic mass is 9.86. The van der Waals surface area contributed by atoms with Crippen molar-refractivity contribution in [2.24, 2.45) is 5.92 Å². The van der Waals surface area contributed by atoms with Crippen molar-refractivity contribution in [3.05, 3.63) is 22.7 Å². The predicted molar refractivity (Wildman–Crippen MR) is 81.7 cm³/mol. The van der Waals surface area contributed by atoms with E-state index in [0.29, 0.717) is 10.2 Å². The minimum atomic E-state index is -3.61. The smallest absolute Gasteiger partial charge is 0.241 e. The van der Waals surface area contributed by atoms with Crippen LogP contribution in [0.4, 0.5) is 5.69 Å². The number of hydrogen-bond acceptors (Lipinski definition) is 4. The van der Waals surface area contributed by atoms with Gasteiger partial charge in [-0.05, 0) is 52.9 Å². The topological polar surface area (TPSA) is 92.4 Å². The van der Waals surface area contributed by atoms with Crippen LogP contribution in [-0.2, 0) is 10.0 Å². The van der Waals surface area contributed by atoms with Gasteiger partial charge in [0.25, 0.3) is 0 Å². The first-order valence-corrected chi connectivity index (χ1v) is 8.90. The summed E-state index contributed by atoms with van der Waals surface area (Å²) in [7, 11) is -3.61. The molecule has 1 aliphatic rings. The average molecular weight is 363 g/mol. The Labute approximate surface area is 127 Å². The zero-order valence-corrected chi connectivity index (χ0v) is 13.5. The van der Waals surface area contributed by atoms with Gasteiger partial charge in [-0.25, -0.2) is 13.1 Å². The largest absolute Gasteiger partial charge is 0.399 e. The Morgan fingerprint density at radius 2 is 2.05 bits per heavy atom. The van der Waals surface area contributed by atoms with Gasteiger partial charge < -0.3 is 10.8 Å². The fourth-order valence-corrected chi connectivity index (χ4v) is 5.01. The van der Waals surface area contributed by atoms with E-state index in [-0.39, 0.29) is 23.5 Å². The molecule has 0 bridgehead atoms. The standard InChI is InChI=1S/C13H19BrN2O3S/c14-11-7-10(15)5-6-13(11)20(18,19)16-12-4-2-1-3-9(12)8-17/h5-7,9,12,16-17H,1-4,8,15H2. The van der Waals surface area contributed by atoms with Crippen molar-refractivity contribution < 1.29 is 13.5 Å². The molecule has 4 N–H and O–H groups in total. The summed E-state index contributed by atoms with van der Waals surface area (Å²) in [5.41, 5.74) is 6.12. The predicted octanol–water partition coefficient (Wildman–Crippen LogP) is 1.86. The lowest BCUT2D eigenvalue weighted by Gasteiger charge is -2.30. The molecule has 1 fully saturated rings. The second-order valence-electron chi connectivity index (χ2n) is 5.14. The highest BCUT2D eigenvalue weighted by molar-refractivity contribution is 9.10. The van der Waals surface area contributed by atoms with Crippen LogP contribution >= 0.6 is 15.9 Å². The highest BCUT2D eigenvalue weighted by atomic mass is 79.9. The van der Waals surface area contributed by atoms with Gasteiger partial charge >= 0.3 is 0 Å². The van der Waals surface area contributed by atoms with Crippen molar-refractivity contribution in [1.82, 2.24) is 4.72 Å². The van der Waals surface area contributed by atoms with Gasteiger partial charge in [0.15, 0.2) is 0 Å². The number of nitrogens with two attached hydrogens (primary N) is 1. The molecule has 20 heavy (non-hydrogen) atoms. The molecule has 1 saturated carbocycles. The summed E-state index contributed by atoms with van der Waals surface area (Å²) in [6.07, 6.45) is 3.63. The van der Waals surface area contributed by atoms with Gasteiger partial charge in [-0.1, -0.05) is 12.8 Å². The molecule has 2 atom stereocenters. The van der Waals surface area contributed by atoms with E-state index < -0.39 is 10.0 Å². The maximum Gasteiger partial charge on any atom is 0.241 e. The molecule has 0 heterocycles. The van der Waals surface area contributed by atoms with Crippen LogP contribution in [0.5, 0.6) is 0 Å². The molecule has 0 amide bonds. The highest BCUT2D eigenvalue weighted by Gasteiger charge is 2.29. The summed E-state index contributed by atoms with van der Waals surface area (Å²) in [5.74, 6) is -0.00826. The number of sulfonamides is 1. The van der Waals surface area contributed by atoms with Crippen LogP contribution in [0, 0.1) is 5.92 Å². The zero-order valence-electron chi connectivity index (χ0n) is 11.0. The minimum Gasteiger partial charge on any atom is -0.399 e. The Balaban J connectivity index is 2.22. The number of aliphatic hydroxyl groups is 1. The van der Waals surface area contributed by atoms with Crippen LogP contribution in [0.15, 0.2) is 27.6 Å². The third-order valence-corrected chi connectivity index (χ3v) is 6.16. The van der Waals surface area contributed by atoms with Crippen LogP contribution in [0.2, 0.25) is 0 Å². The van der Waals surface area contributed by atoms with Gasteiger partial charge in [-0.3, -0.25) is 0 Å². The van der Waals surface area contributed by atoms with Gasteiger partial charge in [-0.15, -0.1) is 0 Å². The number of hydrogen-bond donors (Lipinski definition) is 3. The van der Waals surface area contributed by atoms with E-state index in [1.54, 1.807) is 12.1 Å². The Morgan fingerprint density at radius 1 is 1.35 bits per heavy atom. The number of aliphatic hydroxyl groups excluding tert-OH is 1. The van der Waals surface area contributed by atoms with Crippen LogP contribution in [-0.4, -0.2) is 26.2 Å². The summed E-state index contributed by atoms with van der Waals surface area (Å²) in [5, 5.41) is 9.36. The summed E-state index contributed by atoms with van der Waals surface area (Å²) in [4.78, 5) is 0.175. The first kappa shape index (κ1) is 15.8. The molecular weight excluding hydrogens is 344 g/mol. The van der Waals surface area contributed by atoms with Gasteiger partial charge in [0.2, 0.25) is 10.0 Å². The monoisotopic (exact) mass is 362 g/mol. The van der Waals surface area contributed by atoms with E-state index in [1.165, 1.54) is 6.07 Å². The molecule has 7 heteroatoms. The van der Waals surface area contributed by atoms with Gasteiger partial charge in [0.1, 0.15) is 0 Å². The first-order chi connectivity index (χ1) is 9.44. The maximum atomic E-state index is 12.4. The molecule has 1 aromatic carbocycles. The Hall–Kier alpha value is -0.630. The molecule has 0 radical (unpaired) electrons. The molecule has 2 rings (SSSR count). The first-order valence-electron chi connectivity index (χ1n) is 6.62. The Bertz CT molecular complexity index is 577. The summed E-state index contributed by atoms with van der Waals surface area (Å²) in [6.45, 7) is 0.0100. The number of benzene rings is 1. The van der Waals surface area contributed by atoms with Crippen molar-refractivity contribution in [2.75, 3.05) is 12.3 Å². The number of anilines is 1. The van der Waals surface area contributed by atoms with Crippen LogP contribution in [0.25, 0.3) is 0 Å². The molecule has 0 aromatic heterocycles. The van der Waals surface area contributed by atoms with E-state index in [9.17, 15) is 13.5 Å². The molecule has 5 nitrogen and oxygen atoms in total. The maximum absolute atomic E-state index is 12.4. The third kappa shape index (κ3) is 3.52. The zero-order chi connectivity index (χ0) is 14.8. The number of nitrogen functional groups attached to an aromatic ring is 1. The fourth-order valence-electron chi connectivity index (χ4n) is 2.58. The molecule has 112 valence electrons. The molecule has 0 aliphatic heterocycles. The number of nitrogens with one attached hydrogen (secondary N) is 1. The molecule has 1 aromatic rings. The molecule has 0 saturated heterocycles. The second kappa shape index (κ2) is 6.43. The van der Waals surface area contributed by atoms with Gasteiger partial charge in [0.05, 0.1) is 4.90 Å². The normalized spacial score (nSPS) is 23.7. The number of halogens is 1. The summed E-state index contributed by atoms with van der Waals surface area (Å²) < 4.78 is 28.0. The SMILES string of the molecule is Nc1ccc(S(=O)(=O)NC2CCCCC2CO)c(Br)c1. The second-order valence-corrected chi connectivity index (χ2v) is 7.68. The van der Waals surface area contributed by atoms with E-state index in [4.69, 9.17) is 5.73 Å². The van der Waals surface area contributed by atoms with E-state index >= 15 is 0 Å².